The van der Waals surface area contributed by atoms with Crippen LogP contribution in [0, 0.1) is 6.92 Å². The number of rotatable bonds is 3. The second kappa shape index (κ2) is 6.24. The molecule has 2 aromatic rings. The van der Waals surface area contributed by atoms with Crippen molar-refractivity contribution in [3.8, 4) is 0 Å². The van der Waals surface area contributed by atoms with E-state index in [0.717, 1.165) is 16.9 Å². The maximum absolute atomic E-state index is 12.9. The molecule has 0 aliphatic carbocycles. The van der Waals surface area contributed by atoms with Crippen molar-refractivity contribution in [2.24, 2.45) is 0 Å². The van der Waals surface area contributed by atoms with E-state index in [2.05, 4.69) is 0 Å². The minimum atomic E-state index is -3.50. The summed E-state index contributed by atoms with van der Waals surface area (Å²) < 4.78 is 27.4. The van der Waals surface area contributed by atoms with Gasteiger partial charge < -0.3 is 0 Å². The first-order chi connectivity index (χ1) is 10.5. The first-order valence-electron chi connectivity index (χ1n) is 6.94. The summed E-state index contributed by atoms with van der Waals surface area (Å²) in [6.07, 6.45) is 0. The predicted molar refractivity (Wildman–Crippen MR) is 91.7 cm³/mol. The number of sulfonamides is 1. The SMILES string of the molecule is Cc1cccc(S(=O)(=O)N2CCS[C@H]2c2cccc(Cl)c2)c1. The molecule has 0 bridgehead atoms. The number of hydrogen-bond acceptors (Lipinski definition) is 3. The average molecular weight is 354 g/mol. The van der Waals surface area contributed by atoms with Gasteiger partial charge in [0.15, 0.2) is 0 Å². The highest BCUT2D eigenvalue weighted by atomic mass is 35.5. The second-order valence-corrected chi connectivity index (χ2v) is 8.73. The summed E-state index contributed by atoms with van der Waals surface area (Å²) in [6.45, 7) is 2.41. The van der Waals surface area contributed by atoms with Crippen LogP contribution in [0.1, 0.15) is 16.5 Å². The minimum Gasteiger partial charge on any atom is -0.207 e. The fraction of sp³-hybridized carbons (Fsp3) is 0.250. The molecule has 0 amide bonds. The molecule has 1 heterocycles. The molecular formula is C16H16ClNO2S2. The Kier molecular flexibility index (Phi) is 4.50. The third kappa shape index (κ3) is 3.04. The highest BCUT2D eigenvalue weighted by Gasteiger charge is 2.36. The van der Waals surface area contributed by atoms with Crippen LogP contribution in [0.15, 0.2) is 53.4 Å². The van der Waals surface area contributed by atoms with E-state index in [1.165, 1.54) is 0 Å². The molecule has 3 rings (SSSR count). The predicted octanol–water partition coefficient (Wildman–Crippen LogP) is 4.08. The van der Waals surface area contributed by atoms with Crippen LogP contribution < -0.4 is 0 Å². The summed E-state index contributed by atoms with van der Waals surface area (Å²) in [5, 5.41) is 0.405. The van der Waals surface area contributed by atoms with Crippen molar-refractivity contribution in [2.45, 2.75) is 17.2 Å². The largest absolute Gasteiger partial charge is 0.244 e. The van der Waals surface area contributed by atoms with Gasteiger partial charge in [-0.15, -0.1) is 11.8 Å². The van der Waals surface area contributed by atoms with E-state index >= 15 is 0 Å². The molecule has 1 saturated heterocycles. The Labute approximate surface area is 140 Å². The monoisotopic (exact) mass is 353 g/mol. The van der Waals surface area contributed by atoms with Crippen molar-refractivity contribution < 1.29 is 8.42 Å². The highest BCUT2D eigenvalue weighted by molar-refractivity contribution is 8.01. The van der Waals surface area contributed by atoms with E-state index in [-0.39, 0.29) is 5.37 Å². The third-order valence-corrected chi connectivity index (χ3v) is 7.07. The lowest BCUT2D eigenvalue weighted by molar-refractivity contribution is 0.434. The van der Waals surface area contributed by atoms with Crippen molar-refractivity contribution in [2.75, 3.05) is 12.3 Å². The van der Waals surface area contributed by atoms with Gasteiger partial charge in [-0.1, -0.05) is 35.9 Å². The fourth-order valence-electron chi connectivity index (χ4n) is 2.53. The molecule has 0 unspecified atom stereocenters. The van der Waals surface area contributed by atoms with Gasteiger partial charge in [0.2, 0.25) is 10.0 Å². The maximum atomic E-state index is 12.9. The van der Waals surface area contributed by atoms with Crippen molar-refractivity contribution in [1.29, 1.82) is 0 Å². The molecule has 6 heteroatoms. The zero-order valence-electron chi connectivity index (χ0n) is 12.1. The number of thioether (sulfide) groups is 1. The number of benzene rings is 2. The van der Waals surface area contributed by atoms with Crippen LogP contribution in [0.5, 0.6) is 0 Å². The van der Waals surface area contributed by atoms with Crippen LogP contribution in [0.2, 0.25) is 5.02 Å². The van der Waals surface area contributed by atoms with Crippen LogP contribution in [0.3, 0.4) is 0 Å². The molecule has 1 aliphatic rings. The number of nitrogens with zero attached hydrogens (tertiary/aromatic N) is 1. The van der Waals surface area contributed by atoms with Gasteiger partial charge in [-0.3, -0.25) is 0 Å². The fourth-order valence-corrected chi connectivity index (χ4v) is 6.07. The smallest absolute Gasteiger partial charge is 0.207 e. The minimum absolute atomic E-state index is 0.218. The summed E-state index contributed by atoms with van der Waals surface area (Å²) in [6, 6.07) is 14.5. The molecule has 0 N–H and O–H groups in total. The van der Waals surface area contributed by atoms with Crippen molar-refractivity contribution >= 4 is 33.4 Å². The molecule has 0 aromatic heterocycles. The van der Waals surface area contributed by atoms with Crippen molar-refractivity contribution in [3.63, 3.8) is 0 Å². The zero-order chi connectivity index (χ0) is 15.7. The third-order valence-electron chi connectivity index (χ3n) is 3.58. The van der Waals surface area contributed by atoms with Crippen LogP contribution >= 0.6 is 23.4 Å². The van der Waals surface area contributed by atoms with E-state index in [4.69, 9.17) is 11.6 Å². The van der Waals surface area contributed by atoms with Gasteiger partial charge in [-0.25, -0.2) is 8.42 Å². The topological polar surface area (TPSA) is 37.4 Å². The average Bonchev–Trinajstić information content (AvgIpc) is 2.97. The molecule has 3 nitrogen and oxygen atoms in total. The maximum Gasteiger partial charge on any atom is 0.244 e. The van der Waals surface area contributed by atoms with Gasteiger partial charge in [0.25, 0.3) is 0 Å². The Hall–Kier alpha value is -1.01. The summed E-state index contributed by atoms with van der Waals surface area (Å²) in [4.78, 5) is 0.349. The zero-order valence-corrected chi connectivity index (χ0v) is 14.5. The van der Waals surface area contributed by atoms with Crippen LogP contribution in [-0.2, 0) is 10.0 Å². The first kappa shape index (κ1) is 15.9. The van der Waals surface area contributed by atoms with Gasteiger partial charge >= 0.3 is 0 Å². The van der Waals surface area contributed by atoms with Gasteiger partial charge in [0.1, 0.15) is 0 Å². The summed E-state index contributed by atoms with van der Waals surface area (Å²) in [5.74, 6) is 0.780. The Bertz CT molecular complexity index is 792. The number of hydrogen-bond donors (Lipinski definition) is 0. The summed E-state index contributed by atoms with van der Waals surface area (Å²) >= 11 is 7.67. The Morgan fingerprint density at radius 1 is 1.18 bits per heavy atom. The molecule has 1 fully saturated rings. The van der Waals surface area contributed by atoms with Gasteiger partial charge in [-0.2, -0.15) is 4.31 Å². The molecule has 0 spiro atoms. The Balaban J connectivity index is 1.99. The van der Waals surface area contributed by atoms with Crippen molar-refractivity contribution in [3.05, 3.63) is 64.7 Å². The molecule has 1 aliphatic heterocycles. The summed E-state index contributed by atoms with van der Waals surface area (Å²) in [5.41, 5.74) is 1.86. The Morgan fingerprint density at radius 3 is 2.68 bits per heavy atom. The van der Waals surface area contributed by atoms with E-state index in [9.17, 15) is 8.42 Å². The standard InChI is InChI=1S/C16H16ClNO2S2/c1-12-4-2-7-15(10-12)22(19,20)18-8-9-21-16(18)13-5-3-6-14(17)11-13/h2-7,10-11,16H,8-9H2,1H3/t16-/m0/s1. The molecule has 2 aromatic carbocycles. The van der Waals surface area contributed by atoms with Crippen LogP contribution in [0.25, 0.3) is 0 Å². The first-order valence-corrected chi connectivity index (χ1v) is 9.81. The lowest BCUT2D eigenvalue weighted by atomic mass is 10.2. The number of halogens is 1. The molecule has 1 atom stereocenters. The van der Waals surface area contributed by atoms with E-state index in [1.807, 2.05) is 31.2 Å². The molecule has 0 saturated carbocycles. The van der Waals surface area contributed by atoms with Gasteiger partial charge in [0.05, 0.1) is 10.3 Å². The van der Waals surface area contributed by atoms with Gasteiger partial charge in [-0.05, 0) is 42.3 Å². The lowest BCUT2D eigenvalue weighted by Crippen LogP contribution is -2.30. The number of aryl methyl sites for hydroxylation is 1. The lowest BCUT2D eigenvalue weighted by Gasteiger charge is -2.23. The molecule has 0 radical (unpaired) electrons. The van der Waals surface area contributed by atoms with Gasteiger partial charge in [0, 0.05) is 17.3 Å². The molecule has 22 heavy (non-hydrogen) atoms. The van der Waals surface area contributed by atoms with Crippen molar-refractivity contribution in [1.82, 2.24) is 4.31 Å². The quantitative estimate of drug-likeness (QED) is 0.834. The normalized spacial score (nSPS) is 19.5. The molecular weight excluding hydrogens is 338 g/mol. The van der Waals surface area contributed by atoms with E-state index in [1.54, 1.807) is 40.3 Å². The Morgan fingerprint density at radius 2 is 1.95 bits per heavy atom. The van der Waals surface area contributed by atoms with Crippen LogP contribution in [-0.4, -0.2) is 25.0 Å². The second-order valence-electron chi connectivity index (χ2n) is 5.21. The highest BCUT2D eigenvalue weighted by Crippen LogP contribution is 2.41. The van der Waals surface area contributed by atoms with E-state index in [0.29, 0.717) is 16.5 Å². The van der Waals surface area contributed by atoms with E-state index < -0.39 is 10.0 Å². The van der Waals surface area contributed by atoms with Crippen LogP contribution in [0.4, 0.5) is 0 Å². The molecule has 116 valence electrons. The summed E-state index contributed by atoms with van der Waals surface area (Å²) in [7, 11) is -3.50.